The van der Waals surface area contributed by atoms with Crippen LogP contribution in [-0.4, -0.2) is 237 Å². The number of nitrogens with two attached hydrogens (primary N) is 1. The lowest BCUT2D eigenvalue weighted by Gasteiger charge is -2.13. The van der Waals surface area contributed by atoms with Crippen molar-refractivity contribution in [2.45, 2.75) is 45.6 Å². The molecule has 24 nitrogen and oxygen atoms in total. The molecular formula is C62H99N6O18+. The number of aryl methyl sites for hydroxylation is 1. The first-order valence-electron chi connectivity index (χ1n) is 30.5. The standard InChI is InChI=1S/C62H98N6O18/c1-2-18-70-20-22-72-24-26-74-28-30-76-32-34-78-36-38-80-40-42-82-44-46-84-48-50-86-51-49-85-47-45-83-43-41-81-39-37-79-35-33-77-31-29-75-27-25-73-23-21-71-19-16-65-61(69)11-7-4-8-17-68-60-52-55(63)12-14-58(60)57-15-13-56(66-67-64)53-59(57)62(68)54-9-5-3-6-10-54/h3,5-6,9-10,12-15,52-53,63H,2,4,7-8,11,16-51H2,1H3,(H,65,69)/p+1. The van der Waals surface area contributed by atoms with Gasteiger partial charge in [0.2, 0.25) is 17.1 Å². The summed E-state index contributed by atoms with van der Waals surface area (Å²) < 4.78 is 96.1. The van der Waals surface area contributed by atoms with Gasteiger partial charge in [-0.2, -0.15) is 4.57 Å². The van der Waals surface area contributed by atoms with Crippen molar-refractivity contribution in [3.05, 3.63) is 77.2 Å². The molecule has 0 saturated carbocycles. The Morgan fingerprint density at radius 3 is 1.20 bits per heavy atom. The Balaban J connectivity index is 0.795. The zero-order valence-corrected chi connectivity index (χ0v) is 51.1. The molecular weight excluding hydrogens is 1120 g/mol. The highest BCUT2D eigenvalue weighted by Crippen LogP contribution is 2.34. The Hall–Kier alpha value is -4.77. The number of anilines is 1. The van der Waals surface area contributed by atoms with Crippen LogP contribution in [0.1, 0.15) is 39.0 Å². The quantitative estimate of drug-likeness (QED) is 0.00871. The number of rotatable bonds is 61. The number of carbonyl (C=O) groups is 1. The molecule has 1 heterocycles. The van der Waals surface area contributed by atoms with Gasteiger partial charge in [0.25, 0.3) is 0 Å². The second-order valence-electron chi connectivity index (χ2n) is 19.1. The number of carbonyl (C=O) groups excluding carboxylic acids is 1. The topological polar surface area (TPSA) is 265 Å². The molecule has 3 N–H and O–H groups in total. The molecule has 484 valence electrons. The van der Waals surface area contributed by atoms with Gasteiger partial charge in [-0.3, -0.25) is 4.79 Å². The average Bonchev–Trinajstić information content (AvgIpc) is 1.48. The van der Waals surface area contributed by atoms with E-state index in [0.717, 1.165) is 71.8 Å². The summed E-state index contributed by atoms with van der Waals surface area (Å²) in [6.45, 7) is 20.2. The molecule has 0 radical (unpaired) electrons. The monoisotopic (exact) mass is 1220 g/mol. The predicted octanol–water partition coefficient (Wildman–Crippen LogP) is 6.84. The van der Waals surface area contributed by atoms with Gasteiger partial charge in [-0.25, -0.2) is 0 Å². The van der Waals surface area contributed by atoms with Gasteiger partial charge in [0, 0.05) is 59.3 Å². The van der Waals surface area contributed by atoms with Gasteiger partial charge in [0.15, 0.2) is 0 Å². The average molecular weight is 1220 g/mol. The lowest BCUT2D eigenvalue weighted by molar-refractivity contribution is -0.659. The fourth-order valence-electron chi connectivity index (χ4n) is 8.33. The van der Waals surface area contributed by atoms with Crippen molar-refractivity contribution in [1.82, 2.24) is 5.32 Å². The van der Waals surface area contributed by atoms with Gasteiger partial charge in [-0.05, 0) is 55.1 Å². The smallest absolute Gasteiger partial charge is 0.220 e. The van der Waals surface area contributed by atoms with Crippen LogP contribution in [0.25, 0.3) is 43.4 Å². The molecule has 0 bridgehead atoms. The van der Waals surface area contributed by atoms with E-state index in [1.807, 2.05) is 54.6 Å². The number of hydrogen-bond acceptors (Lipinski definition) is 20. The molecule has 0 fully saturated rings. The second-order valence-corrected chi connectivity index (χ2v) is 19.1. The second kappa shape index (κ2) is 53.3. The van der Waals surface area contributed by atoms with Crippen LogP contribution in [0.3, 0.4) is 0 Å². The van der Waals surface area contributed by atoms with E-state index in [1.165, 1.54) is 0 Å². The Morgan fingerprint density at radius 1 is 0.442 bits per heavy atom. The fraction of sp³-hybridized carbons (Fsp3) is 0.677. The third-order valence-electron chi connectivity index (χ3n) is 12.5. The van der Waals surface area contributed by atoms with Crippen LogP contribution >= 0.6 is 0 Å². The molecule has 0 saturated heterocycles. The number of aromatic nitrogens is 1. The summed E-state index contributed by atoms with van der Waals surface area (Å²) in [4.78, 5) is 15.6. The number of azide groups is 1. The van der Waals surface area contributed by atoms with E-state index in [4.69, 9.17) is 91.8 Å². The highest BCUT2D eigenvalue weighted by atomic mass is 16.6. The van der Waals surface area contributed by atoms with Gasteiger partial charge in [0.05, 0.1) is 229 Å². The van der Waals surface area contributed by atoms with E-state index in [9.17, 15) is 4.79 Å². The van der Waals surface area contributed by atoms with Gasteiger partial charge in [-0.1, -0.05) is 42.4 Å². The number of fused-ring (bicyclic) bond motifs is 3. The van der Waals surface area contributed by atoms with E-state index in [2.05, 4.69) is 39.0 Å². The molecule has 0 spiro atoms. The number of ether oxygens (including phenoxy) is 17. The molecule has 1 amide bonds. The molecule has 24 heteroatoms. The predicted molar refractivity (Wildman–Crippen MR) is 326 cm³/mol. The van der Waals surface area contributed by atoms with Crippen LogP contribution in [-0.2, 0) is 91.9 Å². The Morgan fingerprint density at radius 2 is 0.814 bits per heavy atom. The first kappa shape index (κ1) is 73.7. The first-order valence-corrected chi connectivity index (χ1v) is 30.5. The number of pyridine rings is 1. The molecule has 86 heavy (non-hydrogen) atoms. The van der Waals surface area contributed by atoms with E-state index in [-0.39, 0.29) is 5.91 Å². The van der Waals surface area contributed by atoms with Crippen LogP contribution in [0.4, 0.5) is 11.4 Å². The molecule has 0 unspecified atom stereocenters. The number of benzene rings is 3. The van der Waals surface area contributed by atoms with Crippen molar-refractivity contribution in [1.29, 1.82) is 0 Å². The number of unbranched alkanes of at least 4 members (excludes halogenated alkanes) is 2. The van der Waals surface area contributed by atoms with Gasteiger partial charge in [-0.15, -0.1) is 0 Å². The number of nitrogens with zero attached hydrogens (tertiary/aromatic N) is 4. The highest BCUT2D eigenvalue weighted by molar-refractivity contribution is 6.10. The van der Waals surface area contributed by atoms with E-state index < -0.39 is 0 Å². The summed E-state index contributed by atoms with van der Waals surface area (Å²) in [7, 11) is 0. The van der Waals surface area contributed by atoms with Crippen molar-refractivity contribution >= 4 is 39.0 Å². The summed E-state index contributed by atoms with van der Waals surface area (Å²) in [5.41, 5.74) is 19.8. The molecule has 0 aliphatic rings. The molecule has 1 aromatic heterocycles. The number of nitrogens with one attached hydrogen (secondary N) is 1. The SMILES string of the molecule is CCCOCCOCCOCCOCCOCCOCCOCCOCCOCCOCCOCCOCCOCCOCCOCCOCCOCCNC(=O)CCCCC[n+]1c(-c2ccccc2)c2cc(N=[N+]=[N-])ccc2c2ccc(N)cc21. The van der Waals surface area contributed by atoms with E-state index >= 15 is 0 Å². The molecule has 0 atom stereocenters. The largest absolute Gasteiger partial charge is 0.399 e. The molecule has 0 aliphatic heterocycles. The fourth-order valence-corrected chi connectivity index (χ4v) is 8.33. The third kappa shape index (κ3) is 36.5. The maximum atomic E-state index is 12.6. The van der Waals surface area contributed by atoms with Crippen LogP contribution < -0.4 is 15.6 Å². The maximum Gasteiger partial charge on any atom is 0.220 e. The lowest BCUT2D eigenvalue weighted by Crippen LogP contribution is -2.37. The molecule has 4 aromatic rings. The number of hydrogen-bond donors (Lipinski definition) is 2. The zero-order valence-electron chi connectivity index (χ0n) is 51.1. The minimum absolute atomic E-state index is 0.00254. The van der Waals surface area contributed by atoms with Gasteiger partial charge < -0.3 is 91.6 Å². The van der Waals surface area contributed by atoms with Crippen LogP contribution in [0.5, 0.6) is 0 Å². The van der Waals surface area contributed by atoms with E-state index in [0.29, 0.717) is 242 Å². The summed E-state index contributed by atoms with van der Waals surface area (Å²) in [6.07, 6.45) is 3.93. The van der Waals surface area contributed by atoms with Gasteiger partial charge >= 0.3 is 0 Å². The third-order valence-corrected chi connectivity index (χ3v) is 12.5. The Bertz CT molecular complexity index is 2320. The Labute approximate surface area is 508 Å². The Kier molecular flexibility index (Phi) is 45.7. The van der Waals surface area contributed by atoms with Crippen molar-refractivity contribution < 1.29 is 89.9 Å². The van der Waals surface area contributed by atoms with E-state index in [1.54, 1.807) is 0 Å². The normalized spacial score (nSPS) is 11.5. The zero-order chi connectivity index (χ0) is 60.7. The summed E-state index contributed by atoms with van der Waals surface area (Å²) in [5.74, 6) is 0.00254. The minimum Gasteiger partial charge on any atom is -0.399 e. The summed E-state index contributed by atoms with van der Waals surface area (Å²) in [6, 6.07) is 22.0. The maximum absolute atomic E-state index is 12.6. The van der Waals surface area contributed by atoms with Crippen LogP contribution in [0.2, 0.25) is 0 Å². The minimum atomic E-state index is 0.00254. The van der Waals surface area contributed by atoms with Crippen molar-refractivity contribution in [3.63, 3.8) is 0 Å². The summed E-state index contributed by atoms with van der Waals surface area (Å²) >= 11 is 0. The highest BCUT2D eigenvalue weighted by Gasteiger charge is 2.24. The van der Waals surface area contributed by atoms with Crippen molar-refractivity contribution in [2.75, 3.05) is 237 Å². The molecule has 3 aromatic carbocycles. The number of nitrogen functional groups attached to an aromatic ring is 1. The lowest BCUT2D eigenvalue weighted by atomic mass is 9.98. The summed E-state index contributed by atoms with van der Waals surface area (Å²) in [5, 5.41) is 9.94. The first-order chi connectivity index (χ1) is 42.6. The van der Waals surface area contributed by atoms with Crippen LogP contribution in [0, 0.1) is 0 Å². The number of amides is 1. The molecule has 4 rings (SSSR count). The van der Waals surface area contributed by atoms with Crippen LogP contribution in [0.15, 0.2) is 71.8 Å². The van der Waals surface area contributed by atoms with Crippen molar-refractivity contribution in [3.8, 4) is 11.3 Å². The molecule has 0 aliphatic carbocycles. The van der Waals surface area contributed by atoms with Gasteiger partial charge in [0.1, 0.15) is 6.54 Å². The van der Waals surface area contributed by atoms with Crippen molar-refractivity contribution in [2.24, 2.45) is 5.11 Å².